The number of rotatable bonds is 6. The largest absolute Gasteiger partial charge is 0.352 e. The van der Waals surface area contributed by atoms with E-state index in [0.717, 1.165) is 31.4 Å². The third kappa shape index (κ3) is 4.28. The zero-order valence-corrected chi connectivity index (χ0v) is 12.4. The minimum absolute atomic E-state index is 0.174. The highest BCUT2D eigenvalue weighted by molar-refractivity contribution is 7.89. The maximum atomic E-state index is 13.7. The molecule has 3 N–H and O–H groups in total. The molecule has 1 aromatic rings. The van der Waals surface area contributed by atoms with Crippen molar-refractivity contribution in [2.75, 3.05) is 6.54 Å². The van der Waals surface area contributed by atoms with Gasteiger partial charge in [0.25, 0.3) is 5.91 Å². The monoisotopic (exact) mass is 302 g/mol. The predicted molar refractivity (Wildman–Crippen MR) is 74.4 cm³/mol. The lowest BCUT2D eigenvalue weighted by atomic mass is 10.1. The molecule has 0 aliphatic carbocycles. The molecule has 7 heteroatoms. The zero-order chi connectivity index (χ0) is 15.3. The second-order valence-electron chi connectivity index (χ2n) is 4.61. The number of aryl methyl sites for hydroxylation is 1. The normalized spacial score (nSPS) is 11.4. The number of carbonyl (C=O) groups is 1. The molecule has 5 nitrogen and oxygen atoms in total. The summed E-state index contributed by atoms with van der Waals surface area (Å²) in [6.07, 6.45) is 2.75. The Bertz CT molecular complexity index is 600. The standard InChI is InChI=1S/C13H19FN2O3S/c1-3-4-5-6-16-13(17)10-8-12(20(15,18)19)9(2)7-11(10)14/h7-8H,3-6H2,1-2H3,(H,16,17)(H2,15,18,19). The number of primary sulfonamides is 1. The summed E-state index contributed by atoms with van der Waals surface area (Å²) < 4.78 is 36.5. The van der Waals surface area contributed by atoms with Crippen LogP contribution in [0, 0.1) is 12.7 Å². The summed E-state index contributed by atoms with van der Waals surface area (Å²) in [7, 11) is -3.98. The SMILES string of the molecule is CCCCCNC(=O)c1cc(S(N)(=O)=O)c(C)cc1F. The van der Waals surface area contributed by atoms with Gasteiger partial charge in [0.05, 0.1) is 10.5 Å². The van der Waals surface area contributed by atoms with Gasteiger partial charge in [-0.3, -0.25) is 4.79 Å². The van der Waals surface area contributed by atoms with E-state index in [1.807, 2.05) is 6.92 Å². The molecule has 112 valence electrons. The Kier molecular flexibility index (Phi) is 5.64. The Morgan fingerprint density at radius 2 is 2.00 bits per heavy atom. The first kappa shape index (κ1) is 16.6. The Hall–Kier alpha value is -1.47. The number of amides is 1. The van der Waals surface area contributed by atoms with E-state index in [4.69, 9.17) is 5.14 Å². The Balaban J connectivity index is 2.98. The molecule has 0 fully saturated rings. The molecule has 0 spiro atoms. The van der Waals surface area contributed by atoms with E-state index in [2.05, 4.69) is 5.32 Å². The highest BCUT2D eigenvalue weighted by Gasteiger charge is 2.19. The first-order chi connectivity index (χ1) is 9.27. The van der Waals surface area contributed by atoms with E-state index >= 15 is 0 Å². The summed E-state index contributed by atoms with van der Waals surface area (Å²) in [6.45, 7) is 3.87. The lowest BCUT2D eigenvalue weighted by Crippen LogP contribution is -2.26. The van der Waals surface area contributed by atoms with Crippen LogP contribution in [0.25, 0.3) is 0 Å². The van der Waals surface area contributed by atoms with Gasteiger partial charge in [0, 0.05) is 6.54 Å². The molecule has 0 aliphatic heterocycles. The number of sulfonamides is 1. The number of hydrogen-bond acceptors (Lipinski definition) is 3. The fourth-order valence-electron chi connectivity index (χ4n) is 1.81. The van der Waals surface area contributed by atoms with Gasteiger partial charge in [0.2, 0.25) is 10.0 Å². The van der Waals surface area contributed by atoms with Gasteiger partial charge in [0.1, 0.15) is 5.82 Å². The van der Waals surface area contributed by atoms with Crippen LogP contribution in [0.3, 0.4) is 0 Å². The second kappa shape index (κ2) is 6.81. The van der Waals surface area contributed by atoms with Crippen LogP contribution in [0.5, 0.6) is 0 Å². The van der Waals surface area contributed by atoms with Crippen LogP contribution in [0.4, 0.5) is 4.39 Å². The Labute approximate surface area is 118 Å². The maximum Gasteiger partial charge on any atom is 0.254 e. The number of benzene rings is 1. The quantitative estimate of drug-likeness (QED) is 0.784. The maximum absolute atomic E-state index is 13.7. The third-order valence-corrected chi connectivity index (χ3v) is 3.93. The minimum atomic E-state index is -3.98. The van der Waals surface area contributed by atoms with Gasteiger partial charge < -0.3 is 5.32 Å². The van der Waals surface area contributed by atoms with Crippen molar-refractivity contribution in [2.45, 2.75) is 38.0 Å². The van der Waals surface area contributed by atoms with Crippen LogP contribution in [0.1, 0.15) is 42.1 Å². The summed E-state index contributed by atoms with van der Waals surface area (Å²) in [5, 5.41) is 7.59. The average molecular weight is 302 g/mol. The van der Waals surface area contributed by atoms with Gasteiger partial charge in [-0.2, -0.15) is 0 Å². The molecule has 1 rings (SSSR count). The van der Waals surface area contributed by atoms with Gasteiger partial charge in [0.15, 0.2) is 0 Å². The van der Waals surface area contributed by atoms with Crippen LogP contribution < -0.4 is 10.5 Å². The van der Waals surface area contributed by atoms with Gasteiger partial charge in [-0.25, -0.2) is 17.9 Å². The van der Waals surface area contributed by atoms with E-state index in [1.54, 1.807) is 0 Å². The summed E-state index contributed by atoms with van der Waals surface area (Å²) in [5.41, 5.74) is -0.136. The van der Waals surface area contributed by atoms with Crippen molar-refractivity contribution in [3.63, 3.8) is 0 Å². The molecule has 0 saturated carbocycles. The predicted octanol–water partition coefficient (Wildman–Crippen LogP) is 1.70. The molecular weight excluding hydrogens is 283 g/mol. The molecule has 20 heavy (non-hydrogen) atoms. The lowest BCUT2D eigenvalue weighted by molar-refractivity contribution is 0.0948. The minimum Gasteiger partial charge on any atom is -0.352 e. The molecule has 0 heterocycles. The van der Waals surface area contributed by atoms with Crippen LogP contribution >= 0.6 is 0 Å². The summed E-state index contributed by atoms with van der Waals surface area (Å²) in [6, 6.07) is 1.98. The fraction of sp³-hybridized carbons (Fsp3) is 0.462. The number of hydrogen-bond donors (Lipinski definition) is 2. The molecule has 0 atom stereocenters. The van der Waals surface area contributed by atoms with E-state index in [-0.39, 0.29) is 16.0 Å². The van der Waals surface area contributed by atoms with Crippen LogP contribution in [-0.4, -0.2) is 20.9 Å². The van der Waals surface area contributed by atoms with Gasteiger partial charge in [-0.1, -0.05) is 19.8 Å². The Morgan fingerprint density at radius 1 is 1.35 bits per heavy atom. The smallest absolute Gasteiger partial charge is 0.254 e. The van der Waals surface area contributed by atoms with Crippen molar-refractivity contribution in [2.24, 2.45) is 5.14 Å². The Morgan fingerprint density at radius 3 is 2.55 bits per heavy atom. The van der Waals surface area contributed by atoms with E-state index in [0.29, 0.717) is 6.54 Å². The molecule has 0 aromatic heterocycles. The van der Waals surface area contributed by atoms with E-state index < -0.39 is 21.7 Å². The molecule has 0 saturated heterocycles. The first-order valence-corrected chi connectivity index (χ1v) is 7.93. The third-order valence-electron chi connectivity index (χ3n) is 2.88. The summed E-state index contributed by atoms with van der Waals surface area (Å²) >= 11 is 0. The fourth-order valence-corrected chi connectivity index (χ4v) is 2.60. The van der Waals surface area contributed by atoms with Crippen molar-refractivity contribution in [1.29, 1.82) is 0 Å². The molecule has 0 radical (unpaired) electrons. The van der Waals surface area contributed by atoms with Crippen LogP contribution in [0.15, 0.2) is 17.0 Å². The van der Waals surface area contributed by atoms with Crippen molar-refractivity contribution >= 4 is 15.9 Å². The number of nitrogens with two attached hydrogens (primary N) is 1. The second-order valence-corrected chi connectivity index (χ2v) is 6.14. The molecule has 0 bridgehead atoms. The molecule has 1 aromatic carbocycles. The zero-order valence-electron chi connectivity index (χ0n) is 11.6. The highest BCUT2D eigenvalue weighted by atomic mass is 32.2. The number of unbranched alkanes of at least 4 members (excludes halogenated alkanes) is 2. The molecule has 0 aliphatic rings. The number of carbonyl (C=O) groups excluding carboxylic acids is 1. The van der Waals surface area contributed by atoms with Crippen molar-refractivity contribution in [3.05, 3.63) is 29.1 Å². The topological polar surface area (TPSA) is 89.3 Å². The van der Waals surface area contributed by atoms with E-state index in [1.165, 1.54) is 6.92 Å². The highest BCUT2D eigenvalue weighted by Crippen LogP contribution is 2.19. The summed E-state index contributed by atoms with van der Waals surface area (Å²) in [4.78, 5) is 11.6. The summed E-state index contributed by atoms with van der Waals surface area (Å²) in [5.74, 6) is -1.40. The molecule has 0 unspecified atom stereocenters. The lowest BCUT2D eigenvalue weighted by Gasteiger charge is -2.09. The van der Waals surface area contributed by atoms with Crippen molar-refractivity contribution in [3.8, 4) is 0 Å². The number of halogens is 1. The number of nitrogens with one attached hydrogen (secondary N) is 1. The first-order valence-electron chi connectivity index (χ1n) is 6.38. The van der Waals surface area contributed by atoms with Gasteiger partial charge in [-0.05, 0) is 31.0 Å². The van der Waals surface area contributed by atoms with Crippen LogP contribution in [0.2, 0.25) is 0 Å². The average Bonchev–Trinajstić information content (AvgIpc) is 2.32. The van der Waals surface area contributed by atoms with Gasteiger partial charge >= 0.3 is 0 Å². The van der Waals surface area contributed by atoms with Crippen LogP contribution in [-0.2, 0) is 10.0 Å². The van der Waals surface area contributed by atoms with Crippen molar-refractivity contribution < 1.29 is 17.6 Å². The van der Waals surface area contributed by atoms with Gasteiger partial charge in [-0.15, -0.1) is 0 Å². The van der Waals surface area contributed by atoms with E-state index in [9.17, 15) is 17.6 Å². The van der Waals surface area contributed by atoms with Crippen molar-refractivity contribution in [1.82, 2.24) is 5.32 Å². The molecule has 1 amide bonds. The molecular formula is C13H19FN2O3S.